The van der Waals surface area contributed by atoms with E-state index >= 15 is 0 Å². The molecule has 2 rings (SSSR count). The number of ether oxygens (including phenoxy) is 1. The van der Waals surface area contributed by atoms with Crippen LogP contribution in [-0.2, 0) is 4.74 Å². The molecule has 0 radical (unpaired) electrons. The van der Waals surface area contributed by atoms with Crippen LogP contribution in [0.3, 0.4) is 0 Å². The lowest BCUT2D eigenvalue weighted by Crippen LogP contribution is -2.26. The van der Waals surface area contributed by atoms with Gasteiger partial charge in [0.05, 0.1) is 12.1 Å². The predicted octanol–water partition coefficient (Wildman–Crippen LogP) is 3.00. The Morgan fingerprint density at radius 2 is 2.33 bits per heavy atom. The van der Waals surface area contributed by atoms with Crippen molar-refractivity contribution in [2.45, 2.75) is 30.4 Å². The molecule has 0 spiro atoms. The molecular weight excluding hydrogens is 206 g/mol. The minimum atomic E-state index is 0.322. The zero-order chi connectivity index (χ0) is 10.7. The Bertz CT molecular complexity index is 329. The molecule has 0 aliphatic carbocycles. The first-order chi connectivity index (χ1) is 7.29. The van der Waals surface area contributed by atoms with Crippen LogP contribution in [-0.4, -0.2) is 25.0 Å². The van der Waals surface area contributed by atoms with E-state index in [0.29, 0.717) is 12.1 Å². The second-order valence-electron chi connectivity index (χ2n) is 3.85. The maximum absolute atomic E-state index is 5.53. The summed E-state index contributed by atoms with van der Waals surface area (Å²) < 4.78 is 5.53. The molecule has 0 amide bonds. The molecule has 1 heterocycles. The lowest BCUT2D eigenvalue weighted by Gasteiger charge is -2.17. The van der Waals surface area contributed by atoms with Crippen LogP contribution < -0.4 is 5.32 Å². The molecule has 3 heteroatoms. The Morgan fingerprint density at radius 1 is 1.47 bits per heavy atom. The van der Waals surface area contributed by atoms with Gasteiger partial charge in [0, 0.05) is 17.2 Å². The maximum Gasteiger partial charge on any atom is 0.0748 e. The predicted molar refractivity (Wildman–Crippen MR) is 65.7 cm³/mol. The van der Waals surface area contributed by atoms with Crippen LogP contribution in [0.15, 0.2) is 29.2 Å². The summed E-state index contributed by atoms with van der Waals surface area (Å²) in [5.41, 5.74) is 1.20. The first-order valence-corrected chi connectivity index (χ1v) is 6.54. The molecule has 0 aromatic heterocycles. The number of hydrogen-bond donors (Lipinski definition) is 1. The van der Waals surface area contributed by atoms with Crippen molar-refractivity contribution in [2.24, 2.45) is 0 Å². The van der Waals surface area contributed by atoms with Crippen LogP contribution >= 0.6 is 11.8 Å². The summed E-state index contributed by atoms with van der Waals surface area (Å²) in [6.07, 6.45) is 3.52. The van der Waals surface area contributed by atoms with Gasteiger partial charge in [0.1, 0.15) is 0 Å². The Balaban J connectivity index is 2.03. The van der Waals surface area contributed by atoms with E-state index in [2.05, 4.69) is 42.8 Å². The Hall–Kier alpha value is -0.670. The molecule has 1 aliphatic rings. The minimum Gasteiger partial charge on any atom is -0.380 e. The third-order valence-corrected chi connectivity index (χ3v) is 3.52. The molecule has 1 N–H and O–H groups in total. The van der Waals surface area contributed by atoms with E-state index in [9.17, 15) is 0 Å². The van der Waals surface area contributed by atoms with Gasteiger partial charge >= 0.3 is 0 Å². The quantitative estimate of drug-likeness (QED) is 0.796. The van der Waals surface area contributed by atoms with Crippen molar-refractivity contribution >= 4 is 17.4 Å². The zero-order valence-corrected chi connectivity index (χ0v) is 10.0. The van der Waals surface area contributed by atoms with Gasteiger partial charge in [-0.3, -0.25) is 0 Å². The van der Waals surface area contributed by atoms with Gasteiger partial charge in [-0.05, 0) is 37.8 Å². The number of thioether (sulfide) groups is 1. The highest BCUT2D eigenvalue weighted by atomic mass is 32.2. The van der Waals surface area contributed by atoms with Crippen molar-refractivity contribution in [3.63, 3.8) is 0 Å². The van der Waals surface area contributed by atoms with Gasteiger partial charge in [0.25, 0.3) is 0 Å². The van der Waals surface area contributed by atoms with Gasteiger partial charge < -0.3 is 10.1 Å². The van der Waals surface area contributed by atoms with Crippen molar-refractivity contribution in [1.82, 2.24) is 0 Å². The Morgan fingerprint density at radius 3 is 3.00 bits per heavy atom. The van der Waals surface area contributed by atoms with Crippen molar-refractivity contribution in [3.8, 4) is 0 Å². The Kier molecular flexibility index (Phi) is 3.54. The normalized spacial score (nSPS) is 25.5. The smallest absolute Gasteiger partial charge is 0.0748 e. The van der Waals surface area contributed by atoms with Gasteiger partial charge in [-0.2, -0.15) is 0 Å². The summed E-state index contributed by atoms with van der Waals surface area (Å²) in [5, 5.41) is 3.53. The van der Waals surface area contributed by atoms with E-state index in [1.54, 1.807) is 11.8 Å². The van der Waals surface area contributed by atoms with Crippen LogP contribution in [0.4, 0.5) is 5.69 Å². The lowest BCUT2D eigenvalue weighted by atomic mass is 10.1. The monoisotopic (exact) mass is 223 g/mol. The van der Waals surface area contributed by atoms with E-state index in [1.807, 2.05) is 0 Å². The summed E-state index contributed by atoms with van der Waals surface area (Å²) in [6.45, 7) is 3.00. The molecule has 0 saturated carbocycles. The highest BCUT2D eigenvalue weighted by Gasteiger charge is 2.23. The highest BCUT2D eigenvalue weighted by molar-refractivity contribution is 7.98. The summed E-state index contributed by atoms with van der Waals surface area (Å²) in [6, 6.07) is 8.99. The fourth-order valence-electron chi connectivity index (χ4n) is 1.85. The highest BCUT2D eigenvalue weighted by Crippen LogP contribution is 2.22. The van der Waals surface area contributed by atoms with Crippen LogP contribution in [0.2, 0.25) is 0 Å². The van der Waals surface area contributed by atoms with Crippen LogP contribution in [0, 0.1) is 0 Å². The zero-order valence-electron chi connectivity index (χ0n) is 9.19. The fourth-order valence-corrected chi connectivity index (χ4v) is 2.31. The molecule has 82 valence electrons. The van der Waals surface area contributed by atoms with E-state index in [1.165, 1.54) is 10.6 Å². The number of hydrogen-bond acceptors (Lipinski definition) is 3. The van der Waals surface area contributed by atoms with Gasteiger partial charge in [0.2, 0.25) is 0 Å². The standard InChI is InChI=1S/C12H17NOS/c1-9-12(6-7-14-9)13-10-4-3-5-11(8-10)15-2/h3-5,8-9,12-13H,6-7H2,1-2H3/t9-,12-/m0/s1. The first kappa shape index (κ1) is 10.8. The van der Waals surface area contributed by atoms with Crippen molar-refractivity contribution in [3.05, 3.63) is 24.3 Å². The average molecular weight is 223 g/mol. The second kappa shape index (κ2) is 4.90. The third-order valence-electron chi connectivity index (χ3n) is 2.80. The van der Waals surface area contributed by atoms with Gasteiger partial charge in [-0.1, -0.05) is 6.07 Å². The average Bonchev–Trinajstić information content (AvgIpc) is 2.65. The molecule has 1 aromatic rings. The largest absolute Gasteiger partial charge is 0.380 e. The molecule has 1 aromatic carbocycles. The van der Waals surface area contributed by atoms with Crippen LogP contribution in [0.25, 0.3) is 0 Å². The van der Waals surface area contributed by atoms with Crippen LogP contribution in [0.1, 0.15) is 13.3 Å². The molecule has 15 heavy (non-hydrogen) atoms. The summed E-state index contributed by atoms with van der Waals surface area (Å²) in [7, 11) is 0. The molecule has 1 aliphatic heterocycles. The topological polar surface area (TPSA) is 21.3 Å². The third kappa shape index (κ3) is 2.67. The number of nitrogens with one attached hydrogen (secondary N) is 1. The molecule has 2 atom stereocenters. The van der Waals surface area contributed by atoms with Crippen molar-refractivity contribution in [1.29, 1.82) is 0 Å². The van der Waals surface area contributed by atoms with E-state index in [-0.39, 0.29) is 0 Å². The number of rotatable bonds is 3. The molecule has 0 bridgehead atoms. The Labute approximate surface area is 95.4 Å². The van der Waals surface area contributed by atoms with E-state index in [0.717, 1.165) is 13.0 Å². The maximum atomic E-state index is 5.53. The SMILES string of the molecule is CSc1cccc(N[C@H]2CCO[C@H]2C)c1. The molecule has 1 saturated heterocycles. The van der Waals surface area contributed by atoms with Crippen molar-refractivity contribution in [2.75, 3.05) is 18.2 Å². The number of benzene rings is 1. The number of anilines is 1. The van der Waals surface area contributed by atoms with Crippen LogP contribution in [0.5, 0.6) is 0 Å². The second-order valence-corrected chi connectivity index (χ2v) is 4.73. The molecule has 0 unspecified atom stereocenters. The van der Waals surface area contributed by atoms with Gasteiger partial charge in [0.15, 0.2) is 0 Å². The summed E-state index contributed by atoms with van der Waals surface area (Å²) in [4.78, 5) is 1.30. The first-order valence-electron chi connectivity index (χ1n) is 5.32. The summed E-state index contributed by atoms with van der Waals surface area (Å²) in [5.74, 6) is 0. The molecule has 1 fully saturated rings. The summed E-state index contributed by atoms with van der Waals surface area (Å²) >= 11 is 1.77. The fraction of sp³-hybridized carbons (Fsp3) is 0.500. The van der Waals surface area contributed by atoms with E-state index in [4.69, 9.17) is 4.74 Å². The lowest BCUT2D eigenvalue weighted by molar-refractivity contribution is 0.121. The molecule has 2 nitrogen and oxygen atoms in total. The molecular formula is C12H17NOS. The van der Waals surface area contributed by atoms with E-state index < -0.39 is 0 Å². The van der Waals surface area contributed by atoms with Crippen molar-refractivity contribution < 1.29 is 4.74 Å². The minimum absolute atomic E-state index is 0.322. The van der Waals surface area contributed by atoms with Gasteiger partial charge in [-0.25, -0.2) is 0 Å². The van der Waals surface area contributed by atoms with Gasteiger partial charge in [-0.15, -0.1) is 11.8 Å².